The molecule has 142 valence electrons. The molecule has 4 N–H and O–H groups in total. The Morgan fingerprint density at radius 3 is 2.54 bits per heavy atom. The normalized spacial score (nSPS) is 15.4. The third-order valence-corrected chi connectivity index (χ3v) is 4.80. The monoisotopic (exact) mass is 382 g/mol. The second-order valence-electron chi connectivity index (χ2n) is 6.54. The van der Waals surface area contributed by atoms with Gasteiger partial charge in [0.2, 0.25) is 0 Å². The van der Waals surface area contributed by atoms with E-state index in [2.05, 4.69) is 15.3 Å². The molecule has 1 atom stereocenters. The molecule has 3 aromatic rings. The molecule has 0 spiro atoms. The zero-order valence-corrected chi connectivity index (χ0v) is 14.3. The van der Waals surface area contributed by atoms with Gasteiger partial charge in [0.15, 0.2) is 0 Å². The number of nitrogens with zero attached hydrogens (tertiary/aromatic N) is 1. The summed E-state index contributed by atoms with van der Waals surface area (Å²) in [6, 6.07) is 6.78. The number of fused-ring (bicyclic) bond motifs is 3. The van der Waals surface area contributed by atoms with Crippen molar-refractivity contribution in [1.82, 2.24) is 15.3 Å². The molecule has 1 aliphatic rings. The lowest BCUT2D eigenvalue weighted by molar-refractivity contribution is -0.385. The summed E-state index contributed by atoms with van der Waals surface area (Å²) in [4.78, 5) is 51.4. The standard InChI is InChI=1S/C18H14N4O6/c23-14-4-2-1-3-9(14)16(24)19-8-5-10-11(6-8)15-12(7-13(10)22(27)28)20-17(25)18(26)21-15/h1-4,7-8,23H,5-6H2,(H,19,24)(H,20,25)(H,21,26). The van der Waals surface area contributed by atoms with Crippen LogP contribution < -0.4 is 16.4 Å². The van der Waals surface area contributed by atoms with Gasteiger partial charge in [0.25, 0.3) is 11.6 Å². The van der Waals surface area contributed by atoms with Crippen molar-refractivity contribution < 1.29 is 14.8 Å². The van der Waals surface area contributed by atoms with Crippen LogP contribution in [0, 0.1) is 10.1 Å². The third-order valence-electron chi connectivity index (χ3n) is 4.80. The topological polar surface area (TPSA) is 158 Å². The maximum absolute atomic E-state index is 12.4. The van der Waals surface area contributed by atoms with Gasteiger partial charge in [-0.1, -0.05) is 12.1 Å². The van der Waals surface area contributed by atoms with Crippen molar-refractivity contribution in [3.05, 3.63) is 77.8 Å². The Morgan fingerprint density at radius 2 is 1.82 bits per heavy atom. The van der Waals surface area contributed by atoms with Crippen molar-refractivity contribution in [3.63, 3.8) is 0 Å². The SMILES string of the molecule is O=C(NC1Cc2c([N+](=O)[O-])cc3[nH]c(=O)c(=O)[nH]c3c2C1)c1ccccc1O. The zero-order valence-electron chi connectivity index (χ0n) is 14.3. The molecule has 0 bridgehead atoms. The van der Waals surface area contributed by atoms with E-state index in [1.807, 2.05) is 0 Å². The predicted molar refractivity (Wildman–Crippen MR) is 98.6 cm³/mol. The Labute approximate surface area is 156 Å². The number of rotatable bonds is 3. The van der Waals surface area contributed by atoms with Crippen LogP contribution in [0.3, 0.4) is 0 Å². The van der Waals surface area contributed by atoms with E-state index in [4.69, 9.17) is 0 Å². The van der Waals surface area contributed by atoms with Crippen molar-refractivity contribution in [2.45, 2.75) is 18.9 Å². The highest BCUT2D eigenvalue weighted by Crippen LogP contribution is 2.35. The highest BCUT2D eigenvalue weighted by molar-refractivity contribution is 5.97. The number of nitro groups is 1. The van der Waals surface area contributed by atoms with Gasteiger partial charge in [-0.2, -0.15) is 0 Å². The molecule has 0 saturated carbocycles. The Bertz CT molecular complexity index is 1260. The average Bonchev–Trinajstić information content (AvgIpc) is 3.06. The van der Waals surface area contributed by atoms with Crippen molar-refractivity contribution in [2.75, 3.05) is 0 Å². The van der Waals surface area contributed by atoms with Crippen LogP contribution >= 0.6 is 0 Å². The molecule has 0 radical (unpaired) electrons. The predicted octanol–water partition coefficient (Wildman–Crippen LogP) is 0.727. The number of hydrogen-bond donors (Lipinski definition) is 4. The summed E-state index contributed by atoms with van der Waals surface area (Å²) in [5, 5.41) is 24.0. The highest BCUT2D eigenvalue weighted by Gasteiger charge is 2.32. The van der Waals surface area contributed by atoms with E-state index in [1.54, 1.807) is 12.1 Å². The van der Waals surface area contributed by atoms with E-state index in [-0.39, 0.29) is 35.4 Å². The lowest BCUT2D eigenvalue weighted by Crippen LogP contribution is -2.35. The number of benzene rings is 2. The number of aromatic hydroxyl groups is 1. The second-order valence-corrected chi connectivity index (χ2v) is 6.54. The van der Waals surface area contributed by atoms with Crippen LogP contribution in [-0.4, -0.2) is 31.9 Å². The van der Waals surface area contributed by atoms with Gasteiger partial charge in [0.05, 0.1) is 21.5 Å². The number of H-pyrrole nitrogens is 2. The fourth-order valence-electron chi connectivity index (χ4n) is 3.57. The number of phenols is 1. The molecule has 1 unspecified atom stereocenters. The number of nitro benzene ring substituents is 1. The van der Waals surface area contributed by atoms with Gasteiger partial charge >= 0.3 is 11.1 Å². The molecule has 4 rings (SSSR count). The van der Waals surface area contributed by atoms with Crippen LogP contribution in [0.25, 0.3) is 11.0 Å². The van der Waals surface area contributed by atoms with Gasteiger partial charge in [-0.3, -0.25) is 24.5 Å². The fourth-order valence-corrected chi connectivity index (χ4v) is 3.57. The quantitative estimate of drug-likeness (QED) is 0.297. The molecule has 1 aliphatic carbocycles. The van der Waals surface area contributed by atoms with Crippen LogP contribution in [0.1, 0.15) is 21.5 Å². The number of nitrogens with one attached hydrogen (secondary N) is 3. The van der Waals surface area contributed by atoms with Crippen LogP contribution in [0.4, 0.5) is 5.69 Å². The van der Waals surface area contributed by atoms with Crippen LogP contribution in [0.2, 0.25) is 0 Å². The Hall–Kier alpha value is -3.95. The first kappa shape index (κ1) is 17.5. The van der Waals surface area contributed by atoms with E-state index in [9.17, 15) is 29.6 Å². The Kier molecular flexibility index (Phi) is 3.95. The summed E-state index contributed by atoms with van der Waals surface area (Å²) in [6.07, 6.45) is 0.414. The lowest BCUT2D eigenvalue weighted by atomic mass is 10.1. The van der Waals surface area contributed by atoms with Gasteiger partial charge in [0, 0.05) is 24.1 Å². The minimum Gasteiger partial charge on any atom is -0.507 e. The van der Waals surface area contributed by atoms with Gasteiger partial charge < -0.3 is 20.4 Å². The molecule has 10 nitrogen and oxygen atoms in total. The molecule has 1 aromatic heterocycles. The lowest BCUT2D eigenvalue weighted by Gasteiger charge is -2.12. The van der Waals surface area contributed by atoms with E-state index in [0.29, 0.717) is 16.6 Å². The molecular weight excluding hydrogens is 368 g/mol. The Balaban J connectivity index is 1.74. The van der Waals surface area contributed by atoms with E-state index in [0.717, 1.165) is 0 Å². The second kappa shape index (κ2) is 6.34. The van der Waals surface area contributed by atoms with Crippen LogP contribution in [0.15, 0.2) is 39.9 Å². The van der Waals surface area contributed by atoms with Crippen molar-refractivity contribution in [1.29, 1.82) is 0 Å². The van der Waals surface area contributed by atoms with Gasteiger partial charge in [-0.05, 0) is 24.1 Å². The van der Waals surface area contributed by atoms with Crippen molar-refractivity contribution in [3.8, 4) is 5.75 Å². The first-order valence-corrected chi connectivity index (χ1v) is 8.39. The number of carbonyl (C=O) groups is 1. The van der Waals surface area contributed by atoms with Crippen molar-refractivity contribution >= 4 is 22.6 Å². The maximum Gasteiger partial charge on any atom is 0.314 e. The smallest absolute Gasteiger partial charge is 0.314 e. The largest absolute Gasteiger partial charge is 0.507 e. The minimum atomic E-state index is -0.899. The average molecular weight is 382 g/mol. The van der Waals surface area contributed by atoms with Crippen LogP contribution in [0.5, 0.6) is 5.75 Å². The molecule has 0 fully saturated rings. The van der Waals surface area contributed by atoms with Gasteiger partial charge in [-0.25, -0.2) is 0 Å². The number of amides is 1. The zero-order chi connectivity index (χ0) is 20.0. The van der Waals surface area contributed by atoms with E-state index >= 15 is 0 Å². The molecular formula is C18H14N4O6. The molecule has 10 heteroatoms. The number of aromatic nitrogens is 2. The first-order valence-electron chi connectivity index (χ1n) is 8.39. The summed E-state index contributed by atoms with van der Waals surface area (Å²) >= 11 is 0. The third kappa shape index (κ3) is 2.80. The number of hydrogen-bond acceptors (Lipinski definition) is 6. The summed E-state index contributed by atoms with van der Waals surface area (Å²) < 4.78 is 0. The summed E-state index contributed by atoms with van der Waals surface area (Å²) in [5.41, 5.74) is -0.496. The Morgan fingerprint density at radius 1 is 1.14 bits per heavy atom. The minimum absolute atomic E-state index is 0.0931. The highest BCUT2D eigenvalue weighted by atomic mass is 16.6. The molecule has 0 aliphatic heterocycles. The number of para-hydroxylation sites is 1. The molecule has 0 saturated heterocycles. The molecule has 1 amide bonds. The van der Waals surface area contributed by atoms with Gasteiger partial charge in [-0.15, -0.1) is 0 Å². The van der Waals surface area contributed by atoms with Crippen molar-refractivity contribution in [2.24, 2.45) is 0 Å². The summed E-state index contributed by atoms with van der Waals surface area (Å²) in [7, 11) is 0. The van der Waals surface area contributed by atoms with Crippen LogP contribution in [-0.2, 0) is 12.8 Å². The van der Waals surface area contributed by atoms with Gasteiger partial charge in [0.1, 0.15) is 5.75 Å². The summed E-state index contributed by atoms with van der Waals surface area (Å²) in [5.74, 6) is -0.682. The number of carbonyl (C=O) groups excluding carboxylic acids is 1. The molecule has 28 heavy (non-hydrogen) atoms. The number of phenolic OH excluding ortho intramolecular Hbond substituents is 1. The molecule has 2 aromatic carbocycles. The number of aromatic amines is 2. The maximum atomic E-state index is 12.4. The van der Waals surface area contributed by atoms with E-state index in [1.165, 1.54) is 18.2 Å². The summed E-state index contributed by atoms with van der Waals surface area (Å²) in [6.45, 7) is 0. The van der Waals surface area contributed by atoms with E-state index < -0.39 is 28.0 Å². The molecule has 1 heterocycles. The fraction of sp³-hybridized carbons (Fsp3) is 0.167. The first-order chi connectivity index (χ1) is 13.3.